The molecular weight excluding hydrogens is 199 g/mol. The van der Waals surface area contributed by atoms with Crippen LogP contribution in [0.1, 0.15) is 5.56 Å². The minimum absolute atomic E-state index is 0.0617. The van der Waals surface area contributed by atoms with Crippen LogP contribution in [0.3, 0.4) is 0 Å². The molecule has 1 aliphatic heterocycles. The van der Waals surface area contributed by atoms with Crippen molar-refractivity contribution in [1.29, 1.82) is 0 Å². The summed E-state index contributed by atoms with van der Waals surface area (Å²) in [5.41, 5.74) is 0.570. The Balaban J connectivity index is 1.96. The molecule has 1 fully saturated rings. The summed E-state index contributed by atoms with van der Waals surface area (Å²) >= 11 is 0. The highest BCUT2D eigenvalue weighted by Crippen LogP contribution is 2.17. The van der Waals surface area contributed by atoms with Crippen LogP contribution in [0, 0.1) is 5.82 Å². The van der Waals surface area contributed by atoms with Gasteiger partial charge in [0, 0.05) is 6.42 Å². The molecule has 2 unspecified atom stereocenters. The molecule has 1 aromatic rings. The minimum Gasteiger partial charge on any atom is -0.394 e. The second-order valence-electron chi connectivity index (χ2n) is 3.50. The summed E-state index contributed by atoms with van der Waals surface area (Å²) in [5.74, 6) is -0.253. The molecule has 0 aromatic heterocycles. The molecule has 1 aromatic carbocycles. The molecule has 4 heteroatoms. The second-order valence-corrected chi connectivity index (χ2v) is 3.50. The zero-order valence-electron chi connectivity index (χ0n) is 8.23. The van der Waals surface area contributed by atoms with Crippen LogP contribution in [0.25, 0.3) is 0 Å². The van der Waals surface area contributed by atoms with Crippen molar-refractivity contribution in [3.05, 3.63) is 35.6 Å². The van der Waals surface area contributed by atoms with Crippen molar-refractivity contribution in [2.24, 2.45) is 0 Å². The lowest BCUT2D eigenvalue weighted by molar-refractivity contribution is -0.0636. The van der Waals surface area contributed by atoms with E-state index in [1.165, 1.54) is 6.07 Å². The zero-order valence-corrected chi connectivity index (χ0v) is 8.23. The lowest BCUT2D eigenvalue weighted by atomic mass is 10.1. The van der Waals surface area contributed by atoms with Crippen molar-refractivity contribution >= 4 is 0 Å². The number of benzene rings is 1. The van der Waals surface area contributed by atoms with E-state index in [-0.39, 0.29) is 18.5 Å². The summed E-state index contributed by atoms with van der Waals surface area (Å²) in [7, 11) is 0. The first-order valence-electron chi connectivity index (χ1n) is 4.91. The first-order chi connectivity index (χ1) is 7.29. The van der Waals surface area contributed by atoms with E-state index >= 15 is 0 Å². The third-order valence-corrected chi connectivity index (χ3v) is 2.36. The highest BCUT2D eigenvalue weighted by atomic mass is 19.1. The monoisotopic (exact) mass is 212 g/mol. The van der Waals surface area contributed by atoms with Crippen LogP contribution >= 0.6 is 0 Å². The first-order valence-corrected chi connectivity index (χ1v) is 4.91. The smallest absolute Gasteiger partial charge is 0.162 e. The molecule has 0 radical (unpaired) electrons. The highest BCUT2D eigenvalue weighted by molar-refractivity contribution is 5.17. The molecule has 0 saturated carbocycles. The summed E-state index contributed by atoms with van der Waals surface area (Å²) in [4.78, 5) is 0. The highest BCUT2D eigenvalue weighted by Gasteiger charge is 2.25. The van der Waals surface area contributed by atoms with Crippen molar-refractivity contribution in [3.8, 4) is 0 Å². The van der Waals surface area contributed by atoms with Gasteiger partial charge in [0.1, 0.15) is 11.9 Å². The minimum atomic E-state index is -0.445. The maximum atomic E-state index is 13.3. The Bertz CT molecular complexity index is 329. The standard InChI is InChI=1S/C11H13FO3/c12-10-4-2-1-3-8(10)5-11-14-7-9(6-13)15-11/h1-4,9,11,13H,5-7H2. The predicted octanol–water partition coefficient (Wildman–Crippen LogP) is 1.10. The average molecular weight is 212 g/mol. The Morgan fingerprint density at radius 3 is 2.87 bits per heavy atom. The Labute approximate surface area is 87.4 Å². The summed E-state index contributed by atoms with van der Waals surface area (Å²) in [6.45, 7) is 0.309. The fraction of sp³-hybridized carbons (Fsp3) is 0.455. The molecule has 0 bridgehead atoms. The normalized spacial score (nSPS) is 25.7. The first kappa shape index (κ1) is 10.5. The Morgan fingerprint density at radius 2 is 2.20 bits per heavy atom. The Hall–Kier alpha value is -0.970. The van der Waals surface area contributed by atoms with Crippen molar-refractivity contribution in [2.45, 2.75) is 18.8 Å². The molecule has 1 aliphatic rings. The summed E-state index contributed by atoms with van der Waals surface area (Å²) in [6.07, 6.45) is -0.343. The van der Waals surface area contributed by atoms with Crippen molar-refractivity contribution in [3.63, 3.8) is 0 Å². The molecule has 1 N–H and O–H groups in total. The van der Waals surface area contributed by atoms with Gasteiger partial charge in [-0.1, -0.05) is 18.2 Å². The van der Waals surface area contributed by atoms with E-state index in [1.54, 1.807) is 18.2 Å². The third kappa shape index (κ3) is 2.53. The number of halogens is 1. The molecule has 0 spiro atoms. The fourth-order valence-electron chi connectivity index (χ4n) is 1.55. The van der Waals surface area contributed by atoms with Gasteiger partial charge in [0.15, 0.2) is 6.29 Å². The lowest BCUT2D eigenvalue weighted by Crippen LogP contribution is -2.17. The number of hydrogen-bond acceptors (Lipinski definition) is 3. The van der Waals surface area contributed by atoms with Gasteiger partial charge in [-0.2, -0.15) is 0 Å². The van der Waals surface area contributed by atoms with Crippen LogP contribution in [0.2, 0.25) is 0 Å². The van der Waals surface area contributed by atoms with Crippen molar-refractivity contribution in [2.75, 3.05) is 13.2 Å². The van der Waals surface area contributed by atoms with Gasteiger partial charge in [-0.25, -0.2) is 4.39 Å². The zero-order chi connectivity index (χ0) is 10.7. The van der Waals surface area contributed by atoms with Gasteiger partial charge in [-0.15, -0.1) is 0 Å². The molecular formula is C11H13FO3. The Morgan fingerprint density at radius 1 is 1.40 bits per heavy atom. The van der Waals surface area contributed by atoms with Gasteiger partial charge in [0.2, 0.25) is 0 Å². The number of aliphatic hydroxyl groups excluding tert-OH is 1. The van der Waals surface area contributed by atoms with Gasteiger partial charge in [-0.05, 0) is 11.6 Å². The van der Waals surface area contributed by atoms with E-state index < -0.39 is 6.29 Å². The molecule has 2 atom stereocenters. The fourth-order valence-corrected chi connectivity index (χ4v) is 1.55. The number of aliphatic hydroxyl groups is 1. The summed E-state index contributed by atoms with van der Waals surface area (Å²) in [6, 6.07) is 6.53. The third-order valence-electron chi connectivity index (χ3n) is 2.36. The summed E-state index contributed by atoms with van der Waals surface area (Å²) in [5, 5.41) is 8.83. The quantitative estimate of drug-likeness (QED) is 0.815. The predicted molar refractivity (Wildman–Crippen MR) is 51.8 cm³/mol. The molecule has 2 rings (SSSR count). The van der Waals surface area contributed by atoms with Crippen molar-refractivity contribution in [1.82, 2.24) is 0 Å². The van der Waals surface area contributed by atoms with Gasteiger partial charge >= 0.3 is 0 Å². The molecule has 15 heavy (non-hydrogen) atoms. The molecule has 0 amide bonds. The topological polar surface area (TPSA) is 38.7 Å². The van der Waals surface area contributed by atoms with Gasteiger partial charge in [-0.3, -0.25) is 0 Å². The maximum absolute atomic E-state index is 13.3. The van der Waals surface area contributed by atoms with Crippen LogP contribution in [-0.4, -0.2) is 30.7 Å². The molecule has 0 aliphatic carbocycles. The van der Waals surface area contributed by atoms with Crippen molar-refractivity contribution < 1.29 is 19.0 Å². The SMILES string of the molecule is OCC1COC(Cc2ccccc2F)O1. The number of rotatable bonds is 3. The number of hydrogen-bond donors (Lipinski definition) is 1. The Kier molecular flexibility index (Phi) is 3.30. The van der Waals surface area contributed by atoms with E-state index in [1.807, 2.05) is 0 Å². The van der Waals surface area contributed by atoms with Crippen LogP contribution in [0.5, 0.6) is 0 Å². The number of ether oxygens (including phenoxy) is 2. The molecule has 3 nitrogen and oxygen atoms in total. The van der Waals surface area contributed by atoms with Crippen LogP contribution < -0.4 is 0 Å². The van der Waals surface area contributed by atoms with Crippen LogP contribution in [0.4, 0.5) is 4.39 Å². The van der Waals surface area contributed by atoms with Crippen LogP contribution in [-0.2, 0) is 15.9 Å². The van der Waals surface area contributed by atoms with Gasteiger partial charge in [0.25, 0.3) is 0 Å². The van der Waals surface area contributed by atoms with Gasteiger partial charge < -0.3 is 14.6 Å². The van der Waals surface area contributed by atoms with Gasteiger partial charge in [0.05, 0.1) is 13.2 Å². The lowest BCUT2D eigenvalue weighted by Gasteiger charge is -2.10. The summed E-state index contributed by atoms with van der Waals surface area (Å²) < 4.78 is 23.9. The molecule has 1 heterocycles. The van der Waals surface area contributed by atoms with E-state index in [0.29, 0.717) is 18.6 Å². The van der Waals surface area contributed by atoms with E-state index in [0.717, 1.165) is 0 Å². The molecule has 82 valence electrons. The van der Waals surface area contributed by atoms with E-state index in [2.05, 4.69) is 0 Å². The van der Waals surface area contributed by atoms with E-state index in [9.17, 15) is 4.39 Å². The van der Waals surface area contributed by atoms with Crippen LogP contribution in [0.15, 0.2) is 24.3 Å². The van der Waals surface area contributed by atoms with E-state index in [4.69, 9.17) is 14.6 Å². The largest absolute Gasteiger partial charge is 0.394 e. The maximum Gasteiger partial charge on any atom is 0.162 e. The average Bonchev–Trinajstić information content (AvgIpc) is 2.69. The molecule has 1 saturated heterocycles. The second kappa shape index (κ2) is 4.70.